The molecule has 1 atom stereocenters. The van der Waals surface area contributed by atoms with Gasteiger partial charge in [-0.05, 0) is 25.5 Å². The second-order valence-corrected chi connectivity index (χ2v) is 4.43. The van der Waals surface area contributed by atoms with E-state index in [-0.39, 0.29) is 11.9 Å². The van der Waals surface area contributed by atoms with Crippen LogP contribution in [-0.4, -0.2) is 22.0 Å². The van der Waals surface area contributed by atoms with E-state index in [1.165, 1.54) is 0 Å². The Balaban J connectivity index is 2.68. The maximum absolute atomic E-state index is 11.9. The molecule has 4 nitrogen and oxygen atoms in total. The van der Waals surface area contributed by atoms with Crippen molar-refractivity contribution in [3.63, 3.8) is 0 Å². The molecule has 1 aromatic rings. The molecule has 0 aliphatic rings. The lowest BCUT2D eigenvalue weighted by Crippen LogP contribution is -2.33. The molecule has 94 valence electrons. The lowest BCUT2D eigenvalue weighted by Gasteiger charge is -2.16. The third kappa shape index (κ3) is 3.56. The van der Waals surface area contributed by atoms with Gasteiger partial charge in [-0.25, -0.2) is 0 Å². The number of carbonyl (C=O) groups is 1. The minimum absolute atomic E-state index is 0.00727. The standard InChI is InChI=1S/C12H19N3OS/c1-3-4-7-14-12(16)9(2)15-8-5-6-10(15)11(13)17/h5-6,8-9H,3-4,7H2,1-2H3,(H2,13,17)(H,14,16). The van der Waals surface area contributed by atoms with Gasteiger partial charge in [0.1, 0.15) is 11.0 Å². The van der Waals surface area contributed by atoms with Gasteiger partial charge in [0, 0.05) is 12.7 Å². The molecule has 5 heteroatoms. The number of amides is 1. The number of nitrogens with one attached hydrogen (secondary N) is 1. The molecule has 0 aromatic carbocycles. The van der Waals surface area contributed by atoms with Crippen molar-refractivity contribution in [3.05, 3.63) is 24.0 Å². The summed E-state index contributed by atoms with van der Waals surface area (Å²) in [6, 6.07) is 3.36. The molecule has 17 heavy (non-hydrogen) atoms. The number of nitrogens with two attached hydrogens (primary N) is 1. The second kappa shape index (κ2) is 6.39. The zero-order chi connectivity index (χ0) is 12.8. The Kier molecular flexibility index (Phi) is 5.15. The fourth-order valence-corrected chi connectivity index (χ4v) is 1.78. The third-order valence-electron chi connectivity index (χ3n) is 2.66. The molecule has 0 fully saturated rings. The van der Waals surface area contributed by atoms with Gasteiger partial charge in [0.05, 0.1) is 5.69 Å². The lowest BCUT2D eigenvalue weighted by atomic mass is 10.2. The van der Waals surface area contributed by atoms with Gasteiger partial charge in [-0.2, -0.15) is 0 Å². The van der Waals surface area contributed by atoms with Crippen molar-refractivity contribution >= 4 is 23.1 Å². The Hall–Kier alpha value is -1.36. The van der Waals surface area contributed by atoms with Crippen LogP contribution in [0.4, 0.5) is 0 Å². The topological polar surface area (TPSA) is 60.0 Å². The van der Waals surface area contributed by atoms with Crippen LogP contribution in [0.15, 0.2) is 18.3 Å². The summed E-state index contributed by atoms with van der Waals surface area (Å²) in [4.78, 5) is 12.2. The zero-order valence-electron chi connectivity index (χ0n) is 10.3. The van der Waals surface area contributed by atoms with E-state index >= 15 is 0 Å². The summed E-state index contributed by atoms with van der Waals surface area (Å²) in [7, 11) is 0. The summed E-state index contributed by atoms with van der Waals surface area (Å²) in [5.74, 6) is -0.00727. The summed E-state index contributed by atoms with van der Waals surface area (Å²) in [6.07, 6.45) is 3.88. The Bertz CT molecular complexity index is 400. The fourth-order valence-electron chi connectivity index (χ4n) is 1.60. The van der Waals surface area contributed by atoms with Crippen LogP contribution >= 0.6 is 12.2 Å². The van der Waals surface area contributed by atoms with Crippen molar-refractivity contribution in [1.82, 2.24) is 9.88 Å². The normalized spacial score (nSPS) is 12.1. The van der Waals surface area contributed by atoms with Crippen molar-refractivity contribution in [3.8, 4) is 0 Å². The van der Waals surface area contributed by atoms with Gasteiger partial charge in [-0.1, -0.05) is 25.6 Å². The number of nitrogens with zero attached hydrogens (tertiary/aromatic N) is 1. The summed E-state index contributed by atoms with van der Waals surface area (Å²) in [5, 5.41) is 2.89. The van der Waals surface area contributed by atoms with Gasteiger partial charge >= 0.3 is 0 Å². The van der Waals surface area contributed by atoms with Crippen LogP contribution in [0, 0.1) is 0 Å². The van der Waals surface area contributed by atoms with Gasteiger partial charge in [0.25, 0.3) is 0 Å². The summed E-state index contributed by atoms with van der Waals surface area (Å²) >= 11 is 4.94. The highest BCUT2D eigenvalue weighted by molar-refractivity contribution is 7.80. The van der Waals surface area contributed by atoms with Crippen molar-refractivity contribution in [2.75, 3.05) is 6.54 Å². The molecule has 0 bridgehead atoms. The van der Waals surface area contributed by atoms with E-state index in [0.717, 1.165) is 18.5 Å². The highest BCUT2D eigenvalue weighted by Gasteiger charge is 2.16. The van der Waals surface area contributed by atoms with Crippen molar-refractivity contribution < 1.29 is 4.79 Å². The molecule has 1 aromatic heterocycles. The first-order chi connectivity index (χ1) is 8.07. The average Bonchev–Trinajstić information content (AvgIpc) is 2.77. The highest BCUT2D eigenvalue weighted by atomic mass is 32.1. The predicted octanol–water partition coefficient (Wildman–Crippen LogP) is 1.60. The van der Waals surface area contributed by atoms with E-state index in [1.807, 2.05) is 25.3 Å². The quantitative estimate of drug-likeness (QED) is 0.598. The Morgan fingerprint density at radius 3 is 2.94 bits per heavy atom. The molecule has 1 unspecified atom stereocenters. The Morgan fingerprint density at radius 2 is 2.35 bits per heavy atom. The van der Waals surface area contributed by atoms with Crippen LogP contribution in [-0.2, 0) is 4.79 Å². The number of carbonyl (C=O) groups excluding carboxylic acids is 1. The molecular formula is C12H19N3OS. The minimum atomic E-state index is -0.293. The summed E-state index contributed by atoms with van der Waals surface area (Å²) in [6.45, 7) is 4.64. The van der Waals surface area contributed by atoms with Gasteiger partial charge < -0.3 is 15.6 Å². The van der Waals surface area contributed by atoms with Crippen LogP contribution in [0.3, 0.4) is 0 Å². The van der Waals surface area contributed by atoms with E-state index in [1.54, 1.807) is 4.57 Å². The molecule has 0 aliphatic heterocycles. The molecule has 3 N–H and O–H groups in total. The highest BCUT2D eigenvalue weighted by Crippen LogP contribution is 2.11. The SMILES string of the molecule is CCCCNC(=O)C(C)n1cccc1C(N)=S. The fraction of sp³-hybridized carbons (Fsp3) is 0.500. The Labute approximate surface area is 107 Å². The van der Waals surface area contributed by atoms with E-state index in [4.69, 9.17) is 18.0 Å². The molecule has 1 rings (SSSR count). The monoisotopic (exact) mass is 253 g/mol. The summed E-state index contributed by atoms with van der Waals surface area (Å²) in [5.41, 5.74) is 6.32. The second-order valence-electron chi connectivity index (χ2n) is 3.99. The molecular weight excluding hydrogens is 234 g/mol. The Morgan fingerprint density at radius 1 is 1.65 bits per heavy atom. The molecule has 0 saturated heterocycles. The number of hydrogen-bond acceptors (Lipinski definition) is 2. The molecule has 1 heterocycles. The maximum atomic E-state index is 11.9. The smallest absolute Gasteiger partial charge is 0.242 e. The van der Waals surface area contributed by atoms with Crippen molar-refractivity contribution in [2.24, 2.45) is 5.73 Å². The minimum Gasteiger partial charge on any atom is -0.388 e. The number of hydrogen-bond donors (Lipinski definition) is 2. The van der Waals surface area contributed by atoms with E-state index in [9.17, 15) is 4.79 Å². The third-order valence-corrected chi connectivity index (χ3v) is 2.87. The van der Waals surface area contributed by atoms with Gasteiger partial charge in [0.15, 0.2) is 0 Å². The first-order valence-corrected chi connectivity index (χ1v) is 6.23. The zero-order valence-corrected chi connectivity index (χ0v) is 11.1. The van der Waals surface area contributed by atoms with Gasteiger partial charge in [-0.3, -0.25) is 4.79 Å². The molecule has 0 saturated carbocycles. The first-order valence-electron chi connectivity index (χ1n) is 5.82. The largest absolute Gasteiger partial charge is 0.388 e. The van der Waals surface area contributed by atoms with Crippen molar-refractivity contribution in [2.45, 2.75) is 32.7 Å². The first kappa shape index (κ1) is 13.7. The van der Waals surface area contributed by atoms with E-state index in [2.05, 4.69) is 12.2 Å². The maximum Gasteiger partial charge on any atom is 0.242 e. The van der Waals surface area contributed by atoms with Crippen LogP contribution in [0.2, 0.25) is 0 Å². The number of unbranched alkanes of at least 4 members (excludes halogenated alkanes) is 1. The molecule has 1 amide bonds. The van der Waals surface area contributed by atoms with Crippen LogP contribution in [0.5, 0.6) is 0 Å². The van der Waals surface area contributed by atoms with Gasteiger partial charge in [-0.15, -0.1) is 0 Å². The number of thiocarbonyl (C=S) groups is 1. The molecule has 0 spiro atoms. The van der Waals surface area contributed by atoms with Gasteiger partial charge in [0.2, 0.25) is 5.91 Å². The number of aromatic nitrogens is 1. The van der Waals surface area contributed by atoms with Crippen LogP contribution in [0.1, 0.15) is 38.4 Å². The average molecular weight is 253 g/mol. The predicted molar refractivity (Wildman–Crippen MR) is 72.9 cm³/mol. The van der Waals surface area contributed by atoms with Crippen molar-refractivity contribution in [1.29, 1.82) is 0 Å². The van der Waals surface area contributed by atoms with E-state index in [0.29, 0.717) is 11.5 Å². The molecule has 0 radical (unpaired) electrons. The molecule has 0 aliphatic carbocycles. The lowest BCUT2D eigenvalue weighted by molar-refractivity contribution is -0.123. The van der Waals surface area contributed by atoms with Crippen LogP contribution < -0.4 is 11.1 Å². The van der Waals surface area contributed by atoms with E-state index < -0.39 is 0 Å². The number of rotatable bonds is 6. The van der Waals surface area contributed by atoms with Crippen LogP contribution in [0.25, 0.3) is 0 Å². The summed E-state index contributed by atoms with van der Waals surface area (Å²) < 4.78 is 1.80.